The zero-order valence-corrected chi connectivity index (χ0v) is 12.9. The number of nitrogens with one attached hydrogen (secondary N) is 1. The quantitative estimate of drug-likeness (QED) is 0.829. The Morgan fingerprint density at radius 3 is 2.57 bits per heavy atom. The number of rotatable bonds is 6. The molecule has 7 heteroatoms. The first-order valence-corrected chi connectivity index (χ1v) is 6.90. The summed E-state index contributed by atoms with van der Waals surface area (Å²) < 4.78 is 11.6. The molecule has 0 bridgehead atoms. The van der Waals surface area contributed by atoms with Gasteiger partial charge in [-0.3, -0.25) is 9.59 Å². The van der Waals surface area contributed by atoms with Gasteiger partial charge in [-0.25, -0.2) is 0 Å². The number of aliphatic hydroxyl groups is 1. The molecule has 0 unspecified atom stereocenters. The highest BCUT2D eigenvalue weighted by Gasteiger charge is 2.11. The molecule has 122 valence electrons. The largest absolute Gasteiger partial charge is 0.495 e. The molecular weight excluding hydrogens is 300 g/mol. The number of amides is 1. The third-order valence-electron chi connectivity index (χ3n) is 3.26. The van der Waals surface area contributed by atoms with Crippen LogP contribution in [0.2, 0.25) is 0 Å². The van der Waals surface area contributed by atoms with Gasteiger partial charge in [0, 0.05) is 11.8 Å². The van der Waals surface area contributed by atoms with Crippen LogP contribution < -0.4 is 20.2 Å². The number of hydrogen-bond donors (Lipinski definition) is 2. The molecule has 2 rings (SSSR count). The van der Waals surface area contributed by atoms with Gasteiger partial charge < -0.3 is 24.5 Å². The second-order valence-corrected chi connectivity index (χ2v) is 4.73. The van der Waals surface area contributed by atoms with Crippen molar-refractivity contribution >= 4 is 11.6 Å². The summed E-state index contributed by atoms with van der Waals surface area (Å²) in [5.74, 6) is 0.322. The Labute approximate surface area is 133 Å². The average molecular weight is 318 g/mol. The number of aromatic nitrogens is 1. The molecule has 0 spiro atoms. The van der Waals surface area contributed by atoms with Crippen LogP contribution in [0, 0.1) is 0 Å². The predicted octanol–water partition coefficient (Wildman–Crippen LogP) is 0.996. The number of aliphatic hydroxyl groups excluding tert-OH is 1. The average Bonchev–Trinajstić information content (AvgIpc) is 2.56. The number of carbonyl (C=O) groups excluding carboxylic acids is 1. The van der Waals surface area contributed by atoms with Crippen LogP contribution in [0.15, 0.2) is 41.3 Å². The Balaban J connectivity index is 2.21. The van der Waals surface area contributed by atoms with E-state index < -0.39 is 0 Å². The maximum Gasteiger partial charge on any atom is 0.244 e. The summed E-state index contributed by atoms with van der Waals surface area (Å²) in [7, 11) is 2.88. The van der Waals surface area contributed by atoms with Gasteiger partial charge in [0.2, 0.25) is 11.3 Å². The Morgan fingerprint density at radius 1 is 1.22 bits per heavy atom. The Morgan fingerprint density at radius 2 is 1.91 bits per heavy atom. The molecule has 7 nitrogen and oxygen atoms in total. The van der Waals surface area contributed by atoms with Crippen LogP contribution in [0.25, 0.3) is 0 Å². The molecule has 0 saturated heterocycles. The van der Waals surface area contributed by atoms with Gasteiger partial charge in [0.1, 0.15) is 12.3 Å². The molecule has 1 aromatic heterocycles. The first-order chi connectivity index (χ1) is 11.1. The number of anilines is 1. The van der Waals surface area contributed by atoms with E-state index >= 15 is 0 Å². The molecule has 0 aliphatic rings. The lowest BCUT2D eigenvalue weighted by Crippen LogP contribution is -2.23. The molecule has 23 heavy (non-hydrogen) atoms. The van der Waals surface area contributed by atoms with Crippen molar-refractivity contribution in [2.75, 3.05) is 19.5 Å². The lowest BCUT2D eigenvalue weighted by Gasteiger charge is -2.14. The van der Waals surface area contributed by atoms with Crippen molar-refractivity contribution in [2.45, 2.75) is 13.2 Å². The highest BCUT2D eigenvalue weighted by Crippen LogP contribution is 2.23. The number of benzene rings is 1. The van der Waals surface area contributed by atoms with E-state index in [0.29, 0.717) is 17.1 Å². The minimum atomic E-state index is -0.360. The minimum Gasteiger partial charge on any atom is -0.495 e. The van der Waals surface area contributed by atoms with Gasteiger partial charge in [0.15, 0.2) is 5.75 Å². The SMILES string of the molecule is COc1ccccc1NC(=O)Cn1cc(OC)c(=O)cc1CO. The van der Waals surface area contributed by atoms with Gasteiger partial charge in [-0.2, -0.15) is 0 Å². The fourth-order valence-electron chi connectivity index (χ4n) is 2.12. The number of carbonyl (C=O) groups is 1. The fourth-order valence-corrected chi connectivity index (χ4v) is 2.12. The second kappa shape index (κ2) is 7.46. The number of ether oxygens (including phenoxy) is 2. The van der Waals surface area contributed by atoms with Crippen LogP contribution in [-0.2, 0) is 17.9 Å². The monoisotopic (exact) mass is 318 g/mol. The summed E-state index contributed by atoms with van der Waals surface area (Å²) in [6, 6.07) is 8.27. The molecule has 0 atom stereocenters. The van der Waals surface area contributed by atoms with Crippen molar-refractivity contribution in [3.05, 3.63) is 52.4 Å². The molecule has 2 N–H and O–H groups in total. The number of pyridine rings is 1. The van der Waals surface area contributed by atoms with Gasteiger partial charge in [-0.05, 0) is 12.1 Å². The van der Waals surface area contributed by atoms with E-state index in [1.165, 1.54) is 31.0 Å². The highest BCUT2D eigenvalue weighted by atomic mass is 16.5. The Hall–Kier alpha value is -2.80. The van der Waals surface area contributed by atoms with E-state index in [9.17, 15) is 14.7 Å². The normalized spacial score (nSPS) is 10.2. The smallest absolute Gasteiger partial charge is 0.244 e. The van der Waals surface area contributed by atoms with E-state index in [1.807, 2.05) is 0 Å². The summed E-state index contributed by atoms with van der Waals surface area (Å²) in [5, 5.41) is 12.1. The van der Waals surface area contributed by atoms with Crippen LogP contribution in [0.1, 0.15) is 5.69 Å². The maximum atomic E-state index is 12.2. The summed E-state index contributed by atoms with van der Waals surface area (Å²) in [5.41, 5.74) is 0.516. The van der Waals surface area contributed by atoms with Gasteiger partial charge in [0.25, 0.3) is 0 Å². The standard InChI is InChI=1S/C16H18N2O5/c1-22-14-6-4-3-5-12(14)17-16(21)9-18-8-15(23-2)13(20)7-11(18)10-19/h3-8,19H,9-10H2,1-2H3,(H,17,21). The zero-order chi connectivity index (χ0) is 16.8. The lowest BCUT2D eigenvalue weighted by molar-refractivity contribution is -0.116. The Kier molecular flexibility index (Phi) is 5.37. The molecule has 0 saturated carbocycles. The molecule has 1 heterocycles. The van der Waals surface area contributed by atoms with Crippen LogP contribution in [0.5, 0.6) is 11.5 Å². The predicted molar refractivity (Wildman–Crippen MR) is 84.8 cm³/mol. The van der Waals surface area contributed by atoms with Crippen molar-refractivity contribution in [2.24, 2.45) is 0 Å². The van der Waals surface area contributed by atoms with Crippen LogP contribution in [-0.4, -0.2) is 29.8 Å². The van der Waals surface area contributed by atoms with Gasteiger partial charge in [-0.1, -0.05) is 12.1 Å². The summed E-state index contributed by atoms with van der Waals surface area (Å²) in [6.45, 7) is -0.439. The summed E-state index contributed by atoms with van der Waals surface area (Å²) in [4.78, 5) is 23.9. The molecule has 1 amide bonds. The summed E-state index contributed by atoms with van der Waals surface area (Å²) >= 11 is 0. The van der Waals surface area contributed by atoms with Crippen molar-refractivity contribution < 1.29 is 19.4 Å². The van der Waals surface area contributed by atoms with E-state index in [0.717, 1.165) is 0 Å². The first-order valence-electron chi connectivity index (χ1n) is 6.90. The molecule has 0 aliphatic heterocycles. The Bertz CT molecular complexity index is 754. The molecule has 2 aromatic rings. The van der Waals surface area contributed by atoms with Crippen molar-refractivity contribution in [3.8, 4) is 11.5 Å². The van der Waals surface area contributed by atoms with Crippen LogP contribution in [0.4, 0.5) is 5.69 Å². The van der Waals surface area contributed by atoms with Crippen LogP contribution >= 0.6 is 0 Å². The summed E-state index contributed by atoms with van der Waals surface area (Å²) in [6.07, 6.45) is 1.40. The van der Waals surface area contributed by atoms with Gasteiger partial charge >= 0.3 is 0 Å². The number of hydrogen-bond acceptors (Lipinski definition) is 5. The van der Waals surface area contributed by atoms with Crippen molar-refractivity contribution in [1.29, 1.82) is 0 Å². The van der Waals surface area contributed by atoms with E-state index in [2.05, 4.69) is 5.32 Å². The van der Waals surface area contributed by atoms with Crippen molar-refractivity contribution in [3.63, 3.8) is 0 Å². The molecular formula is C16H18N2O5. The van der Waals surface area contributed by atoms with Gasteiger partial charge in [-0.15, -0.1) is 0 Å². The number of para-hydroxylation sites is 2. The third kappa shape index (κ3) is 3.89. The second-order valence-electron chi connectivity index (χ2n) is 4.73. The first kappa shape index (κ1) is 16.6. The molecule has 0 radical (unpaired) electrons. The minimum absolute atomic E-state index is 0.0788. The van der Waals surface area contributed by atoms with E-state index in [1.54, 1.807) is 24.3 Å². The molecule has 0 aliphatic carbocycles. The fraction of sp³-hybridized carbons (Fsp3) is 0.250. The van der Waals surface area contributed by atoms with Gasteiger partial charge in [0.05, 0.1) is 32.7 Å². The van der Waals surface area contributed by atoms with Crippen molar-refractivity contribution in [1.82, 2.24) is 4.57 Å². The lowest BCUT2D eigenvalue weighted by atomic mass is 10.3. The van der Waals surface area contributed by atoms with Crippen LogP contribution in [0.3, 0.4) is 0 Å². The molecule has 0 fully saturated rings. The topological polar surface area (TPSA) is 89.8 Å². The zero-order valence-electron chi connectivity index (χ0n) is 12.9. The molecule has 1 aromatic carbocycles. The van der Waals surface area contributed by atoms with E-state index in [4.69, 9.17) is 9.47 Å². The number of methoxy groups -OCH3 is 2. The number of nitrogens with zero attached hydrogens (tertiary/aromatic N) is 1. The highest BCUT2D eigenvalue weighted by molar-refractivity contribution is 5.92. The third-order valence-corrected chi connectivity index (χ3v) is 3.26. The van der Waals surface area contributed by atoms with E-state index in [-0.39, 0.29) is 30.2 Å². The maximum absolute atomic E-state index is 12.2.